The molecule has 6 nitrogen and oxygen atoms in total. The number of thiophene rings is 1. The molecule has 29 heavy (non-hydrogen) atoms. The number of hydrogen-bond donors (Lipinski definition) is 1. The molecule has 0 spiro atoms. The van der Waals surface area contributed by atoms with Crippen LogP contribution >= 0.6 is 11.3 Å². The second-order valence-electron chi connectivity index (χ2n) is 6.68. The number of benzene rings is 1. The Morgan fingerprint density at radius 1 is 1.24 bits per heavy atom. The van der Waals surface area contributed by atoms with E-state index < -0.39 is 0 Å². The largest absolute Gasteiger partial charge is 0.496 e. The molecule has 0 aliphatic rings. The normalized spacial score (nSPS) is 10.7. The van der Waals surface area contributed by atoms with Gasteiger partial charge < -0.3 is 9.15 Å². The first kappa shape index (κ1) is 20.6. The number of nitrogens with zero attached hydrogens (tertiary/aromatic N) is 2. The van der Waals surface area contributed by atoms with Crippen molar-refractivity contribution in [2.75, 3.05) is 19.0 Å². The molecule has 150 valence electrons. The summed E-state index contributed by atoms with van der Waals surface area (Å²) >= 11 is 1.65. The van der Waals surface area contributed by atoms with E-state index in [0.29, 0.717) is 24.4 Å². The number of ether oxygens (including phenoxy) is 1. The molecular weight excluding hydrogens is 386 g/mol. The van der Waals surface area contributed by atoms with E-state index in [1.807, 2.05) is 46.7 Å². The van der Waals surface area contributed by atoms with Gasteiger partial charge >= 0.3 is 0 Å². The lowest BCUT2D eigenvalue weighted by Gasteiger charge is -2.22. The third-order valence-electron chi connectivity index (χ3n) is 4.66. The standard InChI is InChI=1S/C22H23N3O3S/c1-15-16(2)28-22(19(15)11-23)24-21(26)14-25(13-18-8-6-10-29-18)12-17-7-4-5-9-20(17)27-3/h4-10H,12-14H2,1-3H3,(H,24,26). The highest BCUT2D eigenvalue weighted by Crippen LogP contribution is 2.26. The second-order valence-corrected chi connectivity index (χ2v) is 7.72. The fourth-order valence-electron chi connectivity index (χ4n) is 3.08. The number of anilines is 1. The van der Waals surface area contributed by atoms with Crippen LogP contribution in [0.4, 0.5) is 5.88 Å². The van der Waals surface area contributed by atoms with Gasteiger partial charge in [-0.1, -0.05) is 24.3 Å². The summed E-state index contributed by atoms with van der Waals surface area (Å²) in [5.41, 5.74) is 2.11. The van der Waals surface area contributed by atoms with Crippen LogP contribution in [0.3, 0.4) is 0 Å². The summed E-state index contributed by atoms with van der Waals surface area (Å²) in [6.07, 6.45) is 0. The number of nitrogens with one attached hydrogen (secondary N) is 1. The van der Waals surface area contributed by atoms with Gasteiger partial charge in [-0.3, -0.25) is 15.0 Å². The predicted octanol–water partition coefficient (Wildman–Crippen LogP) is 4.48. The highest BCUT2D eigenvalue weighted by atomic mass is 32.1. The maximum atomic E-state index is 12.7. The quantitative estimate of drug-likeness (QED) is 0.593. The second kappa shape index (κ2) is 9.41. The van der Waals surface area contributed by atoms with Crippen LogP contribution in [0.25, 0.3) is 0 Å². The maximum absolute atomic E-state index is 12.7. The number of carbonyl (C=O) groups is 1. The summed E-state index contributed by atoms with van der Waals surface area (Å²) < 4.78 is 11.0. The van der Waals surface area contributed by atoms with Gasteiger partial charge in [0.1, 0.15) is 23.1 Å². The lowest BCUT2D eigenvalue weighted by atomic mass is 10.2. The lowest BCUT2D eigenvalue weighted by molar-refractivity contribution is -0.117. The monoisotopic (exact) mass is 409 g/mol. The molecule has 7 heteroatoms. The Labute approximate surface area is 174 Å². The van der Waals surface area contributed by atoms with Crippen molar-refractivity contribution < 1.29 is 13.9 Å². The molecule has 0 aliphatic carbocycles. The van der Waals surface area contributed by atoms with Gasteiger partial charge in [-0.2, -0.15) is 5.26 Å². The van der Waals surface area contributed by atoms with E-state index in [1.165, 1.54) is 0 Å². The Kier molecular flexibility index (Phi) is 6.70. The van der Waals surface area contributed by atoms with E-state index in [0.717, 1.165) is 21.8 Å². The number of methoxy groups -OCH3 is 1. The molecule has 2 heterocycles. The van der Waals surface area contributed by atoms with Gasteiger partial charge in [0, 0.05) is 29.1 Å². The molecule has 0 bridgehead atoms. The van der Waals surface area contributed by atoms with Gasteiger partial charge in [0.05, 0.1) is 13.7 Å². The maximum Gasteiger partial charge on any atom is 0.240 e. The minimum atomic E-state index is -0.235. The number of furan rings is 1. The average molecular weight is 410 g/mol. The summed E-state index contributed by atoms with van der Waals surface area (Å²) in [5, 5.41) is 14.1. The van der Waals surface area contributed by atoms with E-state index in [2.05, 4.69) is 11.4 Å². The Bertz CT molecular complexity index is 1020. The number of aryl methyl sites for hydroxylation is 1. The van der Waals surface area contributed by atoms with Crippen molar-refractivity contribution in [2.24, 2.45) is 0 Å². The topological polar surface area (TPSA) is 78.5 Å². The lowest BCUT2D eigenvalue weighted by Crippen LogP contribution is -2.32. The van der Waals surface area contributed by atoms with Crippen LogP contribution in [0.5, 0.6) is 5.75 Å². The third kappa shape index (κ3) is 5.05. The molecule has 3 rings (SSSR count). The number of hydrogen-bond acceptors (Lipinski definition) is 6. The molecule has 1 N–H and O–H groups in total. The van der Waals surface area contributed by atoms with Gasteiger partial charge in [-0.15, -0.1) is 11.3 Å². The summed E-state index contributed by atoms with van der Waals surface area (Å²) in [6.45, 7) is 4.91. The molecular formula is C22H23N3O3S. The van der Waals surface area contributed by atoms with Crippen molar-refractivity contribution in [1.82, 2.24) is 4.90 Å². The summed E-state index contributed by atoms with van der Waals surface area (Å²) in [6, 6.07) is 13.9. The Morgan fingerprint density at radius 2 is 2.03 bits per heavy atom. The molecule has 3 aromatic rings. The van der Waals surface area contributed by atoms with Crippen molar-refractivity contribution in [2.45, 2.75) is 26.9 Å². The van der Waals surface area contributed by atoms with E-state index in [1.54, 1.807) is 32.3 Å². The van der Waals surface area contributed by atoms with Crippen molar-refractivity contribution >= 4 is 23.1 Å². The van der Waals surface area contributed by atoms with Crippen LogP contribution in [0.1, 0.15) is 27.3 Å². The minimum Gasteiger partial charge on any atom is -0.496 e. The molecule has 0 aliphatic heterocycles. The van der Waals surface area contributed by atoms with E-state index in [9.17, 15) is 10.1 Å². The molecule has 0 atom stereocenters. The van der Waals surface area contributed by atoms with Crippen LogP contribution in [-0.2, 0) is 17.9 Å². The number of amides is 1. The zero-order valence-electron chi connectivity index (χ0n) is 16.7. The highest BCUT2D eigenvalue weighted by Gasteiger charge is 2.19. The smallest absolute Gasteiger partial charge is 0.240 e. The Hall–Kier alpha value is -3.08. The third-order valence-corrected chi connectivity index (χ3v) is 5.52. The van der Waals surface area contributed by atoms with E-state index in [-0.39, 0.29) is 18.3 Å². The number of rotatable bonds is 8. The first-order valence-electron chi connectivity index (χ1n) is 9.18. The predicted molar refractivity (Wildman–Crippen MR) is 113 cm³/mol. The molecule has 2 aromatic heterocycles. The molecule has 0 saturated heterocycles. The highest BCUT2D eigenvalue weighted by molar-refractivity contribution is 7.09. The summed E-state index contributed by atoms with van der Waals surface area (Å²) in [7, 11) is 1.64. The van der Waals surface area contributed by atoms with Gasteiger partial charge in [0.15, 0.2) is 0 Å². The SMILES string of the molecule is COc1ccccc1CN(CC(=O)Nc1oc(C)c(C)c1C#N)Cc1cccs1. The number of carbonyl (C=O) groups excluding carboxylic acids is 1. The van der Waals surface area contributed by atoms with E-state index in [4.69, 9.17) is 9.15 Å². The van der Waals surface area contributed by atoms with E-state index >= 15 is 0 Å². The molecule has 0 saturated carbocycles. The van der Waals surface area contributed by atoms with Crippen molar-refractivity contribution in [3.05, 3.63) is 69.1 Å². The fourth-order valence-corrected chi connectivity index (χ4v) is 3.83. The Morgan fingerprint density at radius 3 is 2.72 bits per heavy atom. The summed E-state index contributed by atoms with van der Waals surface area (Å²) in [4.78, 5) is 15.9. The average Bonchev–Trinajstić information content (AvgIpc) is 3.30. The van der Waals surface area contributed by atoms with Crippen LogP contribution in [-0.4, -0.2) is 24.5 Å². The van der Waals surface area contributed by atoms with Crippen molar-refractivity contribution in [3.63, 3.8) is 0 Å². The zero-order chi connectivity index (χ0) is 20.8. The molecule has 1 amide bonds. The molecule has 0 unspecified atom stereocenters. The number of nitriles is 1. The Balaban J connectivity index is 1.76. The molecule has 0 fully saturated rings. The molecule has 0 radical (unpaired) electrons. The van der Waals surface area contributed by atoms with Crippen LogP contribution < -0.4 is 10.1 Å². The first-order chi connectivity index (χ1) is 14.0. The minimum absolute atomic E-state index is 0.152. The first-order valence-corrected chi connectivity index (χ1v) is 10.1. The van der Waals surface area contributed by atoms with Crippen molar-refractivity contribution in [3.8, 4) is 11.8 Å². The van der Waals surface area contributed by atoms with Gasteiger partial charge in [-0.25, -0.2) is 0 Å². The molecule has 1 aromatic carbocycles. The fraction of sp³-hybridized carbons (Fsp3) is 0.273. The van der Waals surface area contributed by atoms with Gasteiger partial charge in [0.25, 0.3) is 0 Å². The van der Waals surface area contributed by atoms with Gasteiger partial charge in [0.2, 0.25) is 11.8 Å². The van der Waals surface area contributed by atoms with Crippen LogP contribution in [0.15, 0.2) is 46.2 Å². The zero-order valence-corrected chi connectivity index (χ0v) is 17.5. The van der Waals surface area contributed by atoms with Crippen LogP contribution in [0.2, 0.25) is 0 Å². The van der Waals surface area contributed by atoms with Crippen LogP contribution in [0, 0.1) is 25.2 Å². The van der Waals surface area contributed by atoms with Gasteiger partial charge in [-0.05, 0) is 31.4 Å². The number of para-hydroxylation sites is 1. The summed E-state index contributed by atoms with van der Waals surface area (Å²) in [5.74, 6) is 1.39. The van der Waals surface area contributed by atoms with Crippen molar-refractivity contribution in [1.29, 1.82) is 5.26 Å².